The van der Waals surface area contributed by atoms with Crippen molar-refractivity contribution in [2.45, 2.75) is 24.9 Å². The second kappa shape index (κ2) is 8.58. The number of nitrogens with zero attached hydrogens (tertiary/aromatic N) is 1. The van der Waals surface area contributed by atoms with Crippen LogP contribution in [0, 0.1) is 6.92 Å². The lowest BCUT2D eigenvalue weighted by atomic mass is 10.2. The van der Waals surface area contributed by atoms with Gasteiger partial charge in [0, 0.05) is 11.4 Å². The lowest BCUT2D eigenvalue weighted by molar-refractivity contribution is -0.129. The summed E-state index contributed by atoms with van der Waals surface area (Å²) in [5, 5.41) is 0. The third-order valence-corrected chi connectivity index (χ3v) is 4.88. The molecule has 0 radical (unpaired) electrons. The Morgan fingerprint density at radius 1 is 0.960 bits per heavy atom. The molecular weight excluding hydrogens is 330 g/mol. The SMILES string of the molecule is Cc1ccc(SCC(=O)N(Cc2ccccc2)Cc2ccco2)cc1. The van der Waals surface area contributed by atoms with Gasteiger partial charge >= 0.3 is 0 Å². The molecule has 1 amide bonds. The van der Waals surface area contributed by atoms with Gasteiger partial charge in [-0.2, -0.15) is 0 Å². The Morgan fingerprint density at radius 3 is 2.40 bits per heavy atom. The zero-order valence-corrected chi connectivity index (χ0v) is 15.0. The van der Waals surface area contributed by atoms with Crippen LogP contribution in [0.3, 0.4) is 0 Å². The van der Waals surface area contributed by atoms with Gasteiger partial charge in [-0.05, 0) is 36.8 Å². The monoisotopic (exact) mass is 351 g/mol. The van der Waals surface area contributed by atoms with E-state index < -0.39 is 0 Å². The number of hydrogen-bond donors (Lipinski definition) is 0. The average molecular weight is 351 g/mol. The van der Waals surface area contributed by atoms with E-state index in [0.717, 1.165) is 16.2 Å². The Labute approximate surface area is 152 Å². The molecule has 3 nitrogen and oxygen atoms in total. The van der Waals surface area contributed by atoms with Crippen LogP contribution in [0.15, 0.2) is 82.3 Å². The zero-order valence-electron chi connectivity index (χ0n) is 14.2. The Balaban J connectivity index is 1.66. The molecule has 1 aromatic heterocycles. The third-order valence-electron chi connectivity index (χ3n) is 3.88. The lowest BCUT2D eigenvalue weighted by Crippen LogP contribution is -2.31. The quantitative estimate of drug-likeness (QED) is 0.567. The van der Waals surface area contributed by atoms with Gasteiger partial charge in [0.15, 0.2) is 0 Å². The Morgan fingerprint density at radius 2 is 1.72 bits per heavy atom. The molecule has 0 fully saturated rings. The molecule has 0 saturated heterocycles. The van der Waals surface area contributed by atoms with Crippen LogP contribution >= 0.6 is 11.8 Å². The second-order valence-corrected chi connectivity index (χ2v) is 6.97. The van der Waals surface area contributed by atoms with Crippen LogP contribution in [-0.4, -0.2) is 16.6 Å². The standard InChI is InChI=1S/C21H21NO2S/c1-17-9-11-20(12-10-17)25-16-21(23)22(15-19-8-5-13-24-19)14-18-6-3-2-4-7-18/h2-13H,14-16H2,1H3. The molecular formula is C21H21NO2S. The molecule has 128 valence electrons. The number of rotatable bonds is 7. The maximum absolute atomic E-state index is 12.8. The van der Waals surface area contributed by atoms with Crippen molar-refractivity contribution in [3.05, 3.63) is 89.9 Å². The van der Waals surface area contributed by atoms with E-state index in [1.165, 1.54) is 5.56 Å². The van der Waals surface area contributed by atoms with Crippen molar-refractivity contribution in [3.63, 3.8) is 0 Å². The van der Waals surface area contributed by atoms with Gasteiger partial charge in [-0.3, -0.25) is 4.79 Å². The first-order valence-electron chi connectivity index (χ1n) is 8.24. The maximum Gasteiger partial charge on any atom is 0.233 e. The van der Waals surface area contributed by atoms with E-state index in [1.807, 2.05) is 47.4 Å². The summed E-state index contributed by atoms with van der Waals surface area (Å²) in [5.41, 5.74) is 2.34. The van der Waals surface area contributed by atoms with Gasteiger partial charge in [-0.1, -0.05) is 48.0 Å². The predicted molar refractivity (Wildman–Crippen MR) is 101 cm³/mol. The summed E-state index contributed by atoms with van der Waals surface area (Å²) >= 11 is 1.57. The van der Waals surface area contributed by atoms with Crippen molar-refractivity contribution in [1.82, 2.24) is 4.90 Å². The van der Waals surface area contributed by atoms with Crippen molar-refractivity contribution < 1.29 is 9.21 Å². The van der Waals surface area contributed by atoms with E-state index in [2.05, 4.69) is 31.2 Å². The van der Waals surface area contributed by atoms with E-state index >= 15 is 0 Å². The van der Waals surface area contributed by atoms with E-state index in [1.54, 1.807) is 18.0 Å². The molecule has 2 aromatic carbocycles. The molecule has 0 N–H and O–H groups in total. The number of carbonyl (C=O) groups is 1. The van der Waals surface area contributed by atoms with Crippen LogP contribution in [0.4, 0.5) is 0 Å². The molecule has 25 heavy (non-hydrogen) atoms. The van der Waals surface area contributed by atoms with Gasteiger partial charge in [0.1, 0.15) is 5.76 Å². The molecule has 3 rings (SSSR count). The van der Waals surface area contributed by atoms with Crippen LogP contribution in [0.1, 0.15) is 16.9 Å². The molecule has 0 unspecified atom stereocenters. The summed E-state index contributed by atoms with van der Waals surface area (Å²) in [7, 11) is 0. The molecule has 1 heterocycles. The fraction of sp³-hybridized carbons (Fsp3) is 0.190. The van der Waals surface area contributed by atoms with Crippen LogP contribution in [-0.2, 0) is 17.9 Å². The van der Waals surface area contributed by atoms with E-state index in [-0.39, 0.29) is 5.91 Å². The highest BCUT2D eigenvalue weighted by Crippen LogP contribution is 2.20. The third kappa shape index (κ3) is 5.26. The van der Waals surface area contributed by atoms with Crippen LogP contribution in [0.25, 0.3) is 0 Å². The van der Waals surface area contributed by atoms with Crippen LogP contribution in [0.2, 0.25) is 0 Å². The number of benzene rings is 2. The summed E-state index contributed by atoms with van der Waals surface area (Å²) in [4.78, 5) is 15.7. The smallest absolute Gasteiger partial charge is 0.233 e. The Hall–Kier alpha value is -2.46. The fourth-order valence-corrected chi connectivity index (χ4v) is 3.30. The molecule has 0 aliphatic carbocycles. The largest absolute Gasteiger partial charge is 0.467 e. The second-order valence-electron chi connectivity index (χ2n) is 5.92. The van der Waals surface area contributed by atoms with Gasteiger partial charge in [0.05, 0.1) is 18.6 Å². The van der Waals surface area contributed by atoms with Gasteiger partial charge in [-0.15, -0.1) is 11.8 Å². The number of amides is 1. The minimum absolute atomic E-state index is 0.103. The normalized spacial score (nSPS) is 10.6. The number of hydrogen-bond acceptors (Lipinski definition) is 3. The fourth-order valence-electron chi connectivity index (χ4n) is 2.50. The van der Waals surface area contributed by atoms with Gasteiger partial charge in [-0.25, -0.2) is 0 Å². The Kier molecular flexibility index (Phi) is 5.96. The highest BCUT2D eigenvalue weighted by Gasteiger charge is 2.16. The average Bonchev–Trinajstić information content (AvgIpc) is 3.14. The van der Waals surface area contributed by atoms with Crippen molar-refractivity contribution in [1.29, 1.82) is 0 Å². The van der Waals surface area contributed by atoms with E-state index in [9.17, 15) is 4.79 Å². The molecule has 0 aliphatic heterocycles. The summed E-state index contributed by atoms with van der Waals surface area (Å²) in [6.45, 7) is 3.12. The molecule has 0 bridgehead atoms. The molecule has 0 aliphatic rings. The maximum atomic E-state index is 12.8. The molecule has 0 atom stereocenters. The number of carbonyl (C=O) groups excluding carboxylic acids is 1. The summed E-state index contributed by atoms with van der Waals surface area (Å²) in [5.74, 6) is 1.31. The first-order valence-corrected chi connectivity index (χ1v) is 9.23. The highest BCUT2D eigenvalue weighted by atomic mass is 32.2. The molecule has 0 spiro atoms. The first kappa shape index (κ1) is 17.4. The van der Waals surface area contributed by atoms with Crippen molar-refractivity contribution >= 4 is 17.7 Å². The van der Waals surface area contributed by atoms with Crippen molar-refractivity contribution in [2.24, 2.45) is 0 Å². The first-order chi connectivity index (χ1) is 12.2. The highest BCUT2D eigenvalue weighted by molar-refractivity contribution is 8.00. The Bertz CT molecular complexity index is 783. The minimum Gasteiger partial charge on any atom is -0.467 e. The molecule has 3 aromatic rings. The summed E-state index contributed by atoms with van der Waals surface area (Å²) in [6.07, 6.45) is 1.64. The van der Waals surface area contributed by atoms with Crippen molar-refractivity contribution in [2.75, 3.05) is 5.75 Å². The van der Waals surface area contributed by atoms with Crippen LogP contribution < -0.4 is 0 Å². The van der Waals surface area contributed by atoms with E-state index in [0.29, 0.717) is 18.8 Å². The number of thioether (sulfide) groups is 1. The minimum atomic E-state index is 0.103. The topological polar surface area (TPSA) is 33.5 Å². The van der Waals surface area contributed by atoms with Crippen LogP contribution in [0.5, 0.6) is 0 Å². The van der Waals surface area contributed by atoms with Crippen molar-refractivity contribution in [3.8, 4) is 0 Å². The van der Waals surface area contributed by atoms with Gasteiger partial charge in [0.2, 0.25) is 5.91 Å². The van der Waals surface area contributed by atoms with Gasteiger partial charge in [0.25, 0.3) is 0 Å². The summed E-state index contributed by atoms with van der Waals surface area (Å²) in [6, 6.07) is 22.0. The lowest BCUT2D eigenvalue weighted by Gasteiger charge is -2.22. The van der Waals surface area contributed by atoms with Gasteiger partial charge < -0.3 is 9.32 Å². The predicted octanol–water partition coefficient (Wildman–Crippen LogP) is 4.91. The molecule has 0 saturated carbocycles. The van der Waals surface area contributed by atoms with E-state index in [4.69, 9.17) is 4.42 Å². The zero-order chi connectivity index (χ0) is 17.5. The summed E-state index contributed by atoms with van der Waals surface area (Å²) < 4.78 is 5.43. The number of aryl methyl sites for hydroxylation is 1. The number of furan rings is 1. The molecule has 4 heteroatoms.